The summed E-state index contributed by atoms with van der Waals surface area (Å²) in [4.78, 5) is 0. The first-order valence-electron chi connectivity index (χ1n) is 3.75. The topological polar surface area (TPSA) is 18.0 Å². The van der Waals surface area contributed by atoms with Crippen LogP contribution in [0.3, 0.4) is 0 Å². The number of aryl methyl sites for hydroxylation is 1. The summed E-state index contributed by atoms with van der Waals surface area (Å²) in [5.74, 6) is 0. The van der Waals surface area contributed by atoms with Crippen LogP contribution >= 0.6 is 0 Å². The van der Waals surface area contributed by atoms with Crippen molar-refractivity contribution in [2.75, 3.05) is 13.7 Å². The van der Waals surface area contributed by atoms with Gasteiger partial charge in [0.05, 0.1) is 13.7 Å². The number of rotatable bonds is 3. The van der Waals surface area contributed by atoms with E-state index in [2.05, 4.69) is 11.5 Å². The molecular weight excluding hydrogens is 140 g/mol. The maximum absolute atomic E-state index is 5.04. The minimum Gasteiger partial charge on any atom is -0.380 e. The number of hydrogen-bond donors (Lipinski definition) is 0. The zero-order valence-corrected chi connectivity index (χ0v) is 7.32. The molecule has 3 heteroatoms. The number of methoxy groups -OCH3 is 1. The quantitative estimate of drug-likeness (QED) is 0.582. The van der Waals surface area contributed by atoms with Gasteiger partial charge in [0.1, 0.15) is 18.4 Å². The van der Waals surface area contributed by atoms with Crippen LogP contribution in [0.2, 0.25) is 0 Å². The summed E-state index contributed by atoms with van der Waals surface area (Å²) < 4.78 is 9.19. The molecule has 0 fully saturated rings. The standard InChI is InChI=1S/C8H15N2O/c1-8(6-11-3)10-5-4-9(2)7-10/h4-5,7-8H,6H2,1-3H3/q+1. The zero-order chi connectivity index (χ0) is 8.27. The molecule has 0 aliphatic carbocycles. The Bertz CT molecular complexity index is 220. The third kappa shape index (κ3) is 2.05. The van der Waals surface area contributed by atoms with E-state index in [9.17, 15) is 0 Å². The van der Waals surface area contributed by atoms with Gasteiger partial charge in [-0.05, 0) is 6.92 Å². The lowest BCUT2D eigenvalue weighted by Gasteiger charge is -2.04. The lowest BCUT2D eigenvalue weighted by Crippen LogP contribution is -2.24. The van der Waals surface area contributed by atoms with Gasteiger partial charge in [-0.15, -0.1) is 0 Å². The zero-order valence-electron chi connectivity index (χ0n) is 7.32. The molecule has 62 valence electrons. The van der Waals surface area contributed by atoms with Gasteiger partial charge < -0.3 is 4.74 Å². The minimum absolute atomic E-state index is 0.418. The Morgan fingerprint density at radius 1 is 1.64 bits per heavy atom. The minimum atomic E-state index is 0.418. The SMILES string of the molecule is COCC(C)n1cc[n+](C)c1. The molecule has 1 aromatic rings. The van der Waals surface area contributed by atoms with E-state index in [1.165, 1.54) is 0 Å². The van der Waals surface area contributed by atoms with E-state index in [4.69, 9.17) is 4.74 Å². The van der Waals surface area contributed by atoms with E-state index in [0.717, 1.165) is 6.61 Å². The molecule has 1 rings (SSSR count). The first kappa shape index (κ1) is 8.27. The van der Waals surface area contributed by atoms with Gasteiger partial charge in [0.25, 0.3) is 0 Å². The normalized spacial score (nSPS) is 13.4. The molecule has 0 saturated heterocycles. The van der Waals surface area contributed by atoms with Gasteiger partial charge in [0, 0.05) is 7.11 Å². The van der Waals surface area contributed by atoms with Crippen molar-refractivity contribution >= 4 is 0 Å². The van der Waals surface area contributed by atoms with Crippen LogP contribution in [0.5, 0.6) is 0 Å². The summed E-state index contributed by atoms with van der Waals surface area (Å²) in [5, 5.41) is 0. The highest BCUT2D eigenvalue weighted by molar-refractivity contribution is 4.71. The van der Waals surface area contributed by atoms with E-state index in [0.29, 0.717) is 6.04 Å². The van der Waals surface area contributed by atoms with Gasteiger partial charge >= 0.3 is 0 Å². The van der Waals surface area contributed by atoms with E-state index in [1.807, 2.05) is 30.3 Å². The molecule has 0 aromatic carbocycles. The van der Waals surface area contributed by atoms with Crippen LogP contribution in [0.15, 0.2) is 18.7 Å². The third-order valence-electron chi connectivity index (χ3n) is 1.71. The Morgan fingerprint density at radius 2 is 2.36 bits per heavy atom. The Balaban J connectivity index is 2.60. The summed E-state index contributed by atoms with van der Waals surface area (Å²) in [5.41, 5.74) is 0. The third-order valence-corrected chi connectivity index (χ3v) is 1.71. The molecule has 1 unspecified atom stereocenters. The van der Waals surface area contributed by atoms with Gasteiger partial charge in [-0.1, -0.05) is 0 Å². The van der Waals surface area contributed by atoms with Gasteiger partial charge in [-0.3, -0.25) is 0 Å². The average Bonchev–Trinajstić information content (AvgIpc) is 2.36. The van der Waals surface area contributed by atoms with Crippen LogP contribution in [0.1, 0.15) is 13.0 Å². The summed E-state index contributed by atoms with van der Waals surface area (Å²) in [6.07, 6.45) is 6.11. The summed E-state index contributed by atoms with van der Waals surface area (Å²) in [6.45, 7) is 2.89. The first-order chi connectivity index (χ1) is 5.24. The molecule has 0 spiro atoms. The van der Waals surface area contributed by atoms with Gasteiger partial charge in [0.15, 0.2) is 0 Å². The highest BCUT2D eigenvalue weighted by Crippen LogP contribution is 2.02. The van der Waals surface area contributed by atoms with Gasteiger partial charge in [-0.25, -0.2) is 9.13 Å². The molecule has 0 amide bonds. The molecule has 1 heterocycles. The summed E-state index contributed by atoms with van der Waals surface area (Å²) >= 11 is 0. The molecule has 0 radical (unpaired) electrons. The van der Waals surface area contributed by atoms with Crippen LogP contribution < -0.4 is 4.57 Å². The Hall–Kier alpha value is -0.830. The lowest BCUT2D eigenvalue weighted by molar-refractivity contribution is -0.671. The molecule has 11 heavy (non-hydrogen) atoms. The monoisotopic (exact) mass is 155 g/mol. The molecule has 0 bridgehead atoms. The Morgan fingerprint density at radius 3 is 2.82 bits per heavy atom. The van der Waals surface area contributed by atoms with Crippen molar-refractivity contribution in [3.8, 4) is 0 Å². The van der Waals surface area contributed by atoms with E-state index in [-0.39, 0.29) is 0 Å². The molecule has 1 atom stereocenters. The number of hydrogen-bond acceptors (Lipinski definition) is 1. The molecule has 0 aliphatic heterocycles. The molecule has 0 saturated carbocycles. The second-order valence-corrected chi connectivity index (χ2v) is 2.83. The Kier molecular flexibility index (Phi) is 2.65. The lowest BCUT2D eigenvalue weighted by atomic mass is 10.4. The number of nitrogens with zero attached hydrogens (tertiary/aromatic N) is 2. The smallest absolute Gasteiger partial charge is 0.243 e. The van der Waals surface area contributed by atoms with E-state index in [1.54, 1.807) is 7.11 Å². The van der Waals surface area contributed by atoms with Crippen molar-refractivity contribution in [1.29, 1.82) is 0 Å². The molecule has 3 nitrogen and oxygen atoms in total. The van der Waals surface area contributed by atoms with Crippen LogP contribution in [-0.2, 0) is 11.8 Å². The average molecular weight is 155 g/mol. The summed E-state index contributed by atoms with van der Waals surface area (Å²) in [7, 11) is 3.73. The summed E-state index contributed by atoms with van der Waals surface area (Å²) in [6, 6.07) is 0.418. The molecule has 1 aromatic heterocycles. The van der Waals surface area contributed by atoms with Crippen molar-refractivity contribution in [3.05, 3.63) is 18.7 Å². The van der Waals surface area contributed by atoms with E-state index >= 15 is 0 Å². The van der Waals surface area contributed by atoms with Crippen molar-refractivity contribution in [1.82, 2.24) is 4.57 Å². The maximum Gasteiger partial charge on any atom is 0.243 e. The Labute approximate surface area is 67.2 Å². The van der Waals surface area contributed by atoms with Crippen LogP contribution in [0, 0.1) is 0 Å². The molecular formula is C8H15N2O+. The number of imidazole rings is 1. The number of ether oxygens (including phenoxy) is 1. The largest absolute Gasteiger partial charge is 0.380 e. The number of aromatic nitrogens is 2. The fraction of sp³-hybridized carbons (Fsp3) is 0.625. The highest BCUT2D eigenvalue weighted by atomic mass is 16.5. The highest BCUT2D eigenvalue weighted by Gasteiger charge is 2.08. The van der Waals surface area contributed by atoms with Crippen molar-refractivity contribution in [2.24, 2.45) is 7.05 Å². The second kappa shape index (κ2) is 3.53. The second-order valence-electron chi connectivity index (χ2n) is 2.83. The van der Waals surface area contributed by atoms with Crippen molar-refractivity contribution in [3.63, 3.8) is 0 Å². The first-order valence-corrected chi connectivity index (χ1v) is 3.75. The van der Waals surface area contributed by atoms with Gasteiger partial charge in [-0.2, -0.15) is 0 Å². The predicted molar refractivity (Wildman–Crippen MR) is 42.2 cm³/mol. The van der Waals surface area contributed by atoms with Crippen molar-refractivity contribution in [2.45, 2.75) is 13.0 Å². The van der Waals surface area contributed by atoms with E-state index < -0.39 is 0 Å². The molecule has 0 N–H and O–H groups in total. The predicted octanol–water partition coefficient (Wildman–Crippen LogP) is 0.520. The maximum atomic E-state index is 5.04. The van der Waals surface area contributed by atoms with Crippen LogP contribution in [0.25, 0.3) is 0 Å². The van der Waals surface area contributed by atoms with Gasteiger partial charge in [0.2, 0.25) is 6.33 Å². The van der Waals surface area contributed by atoms with Crippen LogP contribution in [0.4, 0.5) is 0 Å². The fourth-order valence-electron chi connectivity index (χ4n) is 1.06. The van der Waals surface area contributed by atoms with Crippen molar-refractivity contribution < 1.29 is 9.30 Å². The fourth-order valence-corrected chi connectivity index (χ4v) is 1.06. The van der Waals surface area contributed by atoms with Crippen LogP contribution in [-0.4, -0.2) is 18.3 Å². The molecule has 0 aliphatic rings.